The molecule has 7 nitrogen and oxygen atoms in total. The number of aliphatic hydroxyl groups is 1. The van der Waals surface area contributed by atoms with E-state index in [9.17, 15) is 9.90 Å². The summed E-state index contributed by atoms with van der Waals surface area (Å²) in [6.07, 6.45) is 0. The van der Waals surface area contributed by atoms with Crippen LogP contribution in [0.2, 0.25) is 10.0 Å². The molecular weight excluding hydrogens is 389 g/mol. The second kappa shape index (κ2) is 8.30. The SMILES string of the molecule is Nc1[nH]nc(NC(=O)N[C@@H](CO)c2ccccc2)c1-c1cc(Cl)cc(Cl)c1. The smallest absolute Gasteiger partial charge is 0.321 e. The van der Waals surface area contributed by atoms with Crippen LogP contribution < -0.4 is 16.4 Å². The molecular formula is C18H17Cl2N5O2. The molecule has 0 aliphatic heterocycles. The molecule has 0 saturated heterocycles. The maximum atomic E-state index is 12.4. The summed E-state index contributed by atoms with van der Waals surface area (Å²) < 4.78 is 0. The molecule has 0 radical (unpaired) electrons. The Morgan fingerprint density at radius 2 is 1.85 bits per heavy atom. The molecule has 6 N–H and O–H groups in total. The van der Waals surface area contributed by atoms with E-state index >= 15 is 0 Å². The zero-order valence-electron chi connectivity index (χ0n) is 14.0. The van der Waals surface area contributed by atoms with E-state index in [4.69, 9.17) is 28.9 Å². The number of carbonyl (C=O) groups excluding carboxylic acids is 1. The van der Waals surface area contributed by atoms with Crippen LogP contribution in [0, 0.1) is 0 Å². The third-order valence-electron chi connectivity index (χ3n) is 3.87. The highest BCUT2D eigenvalue weighted by atomic mass is 35.5. The molecule has 140 valence electrons. The van der Waals surface area contributed by atoms with E-state index in [2.05, 4.69) is 20.8 Å². The number of rotatable bonds is 5. The molecule has 3 rings (SSSR count). The number of aromatic amines is 1. The molecule has 0 saturated carbocycles. The van der Waals surface area contributed by atoms with Gasteiger partial charge < -0.3 is 16.2 Å². The van der Waals surface area contributed by atoms with Crippen molar-refractivity contribution in [2.75, 3.05) is 17.7 Å². The molecule has 0 spiro atoms. The molecule has 9 heteroatoms. The minimum atomic E-state index is -0.563. The van der Waals surface area contributed by atoms with Gasteiger partial charge in [0.2, 0.25) is 0 Å². The number of carbonyl (C=O) groups is 1. The van der Waals surface area contributed by atoms with E-state index in [0.717, 1.165) is 5.56 Å². The van der Waals surface area contributed by atoms with Gasteiger partial charge in [-0.15, -0.1) is 0 Å². The van der Waals surface area contributed by atoms with Crippen LogP contribution in [-0.2, 0) is 0 Å². The monoisotopic (exact) mass is 405 g/mol. The molecule has 2 amide bonds. The number of benzene rings is 2. The molecule has 2 aromatic carbocycles. The number of nitrogens with zero attached hydrogens (tertiary/aromatic N) is 1. The van der Waals surface area contributed by atoms with E-state index in [1.54, 1.807) is 18.2 Å². The first-order valence-electron chi connectivity index (χ1n) is 8.01. The largest absolute Gasteiger partial charge is 0.394 e. The van der Waals surface area contributed by atoms with E-state index < -0.39 is 12.1 Å². The molecule has 0 fully saturated rings. The minimum Gasteiger partial charge on any atom is -0.394 e. The number of aliphatic hydroxyl groups excluding tert-OH is 1. The average Bonchev–Trinajstić information content (AvgIpc) is 2.99. The summed E-state index contributed by atoms with van der Waals surface area (Å²) >= 11 is 12.1. The van der Waals surface area contributed by atoms with Crippen molar-refractivity contribution in [3.05, 3.63) is 64.1 Å². The second-order valence-corrected chi connectivity index (χ2v) is 6.64. The molecule has 0 unspecified atom stereocenters. The predicted octanol–water partition coefficient (Wildman–Crippen LogP) is 3.82. The zero-order valence-corrected chi connectivity index (χ0v) is 15.6. The van der Waals surface area contributed by atoms with Crippen molar-refractivity contribution in [3.8, 4) is 11.1 Å². The number of aromatic nitrogens is 2. The number of H-pyrrole nitrogens is 1. The van der Waals surface area contributed by atoms with Crippen LogP contribution in [0.5, 0.6) is 0 Å². The second-order valence-electron chi connectivity index (χ2n) is 5.76. The number of urea groups is 1. The van der Waals surface area contributed by atoms with Gasteiger partial charge in [-0.1, -0.05) is 53.5 Å². The molecule has 27 heavy (non-hydrogen) atoms. The van der Waals surface area contributed by atoms with Gasteiger partial charge in [-0.25, -0.2) is 4.79 Å². The summed E-state index contributed by atoms with van der Waals surface area (Å²) in [4.78, 5) is 12.4. The van der Waals surface area contributed by atoms with Crippen molar-refractivity contribution in [1.82, 2.24) is 15.5 Å². The third kappa shape index (κ3) is 4.51. The zero-order chi connectivity index (χ0) is 19.4. The lowest BCUT2D eigenvalue weighted by molar-refractivity contribution is 0.225. The van der Waals surface area contributed by atoms with Gasteiger partial charge in [-0.3, -0.25) is 10.4 Å². The van der Waals surface area contributed by atoms with Crippen molar-refractivity contribution < 1.29 is 9.90 Å². The van der Waals surface area contributed by atoms with E-state index in [1.807, 2.05) is 30.3 Å². The summed E-state index contributed by atoms with van der Waals surface area (Å²) in [6, 6.07) is 12.9. The van der Waals surface area contributed by atoms with Crippen molar-refractivity contribution in [1.29, 1.82) is 0 Å². The predicted molar refractivity (Wildman–Crippen MR) is 107 cm³/mol. The van der Waals surface area contributed by atoms with Crippen LogP contribution in [0.1, 0.15) is 11.6 Å². The fraction of sp³-hybridized carbons (Fsp3) is 0.111. The Labute approximate surface area is 165 Å². The lowest BCUT2D eigenvalue weighted by Crippen LogP contribution is -2.34. The fourth-order valence-electron chi connectivity index (χ4n) is 2.66. The number of nitrogen functional groups attached to an aromatic ring is 1. The van der Waals surface area contributed by atoms with E-state index in [-0.39, 0.29) is 18.2 Å². The highest BCUT2D eigenvalue weighted by Crippen LogP contribution is 2.35. The average molecular weight is 406 g/mol. The fourth-order valence-corrected chi connectivity index (χ4v) is 3.18. The normalized spacial score (nSPS) is 11.8. The van der Waals surface area contributed by atoms with Gasteiger partial charge in [-0.05, 0) is 29.3 Å². The number of halogens is 2. The van der Waals surface area contributed by atoms with Crippen LogP contribution in [0.15, 0.2) is 48.5 Å². The van der Waals surface area contributed by atoms with Gasteiger partial charge >= 0.3 is 6.03 Å². The van der Waals surface area contributed by atoms with Gasteiger partial charge in [0.1, 0.15) is 5.82 Å². The van der Waals surface area contributed by atoms with Crippen LogP contribution >= 0.6 is 23.2 Å². The number of nitrogens with two attached hydrogens (primary N) is 1. The lowest BCUT2D eigenvalue weighted by atomic mass is 10.1. The number of anilines is 2. The Hall–Kier alpha value is -2.74. The van der Waals surface area contributed by atoms with Gasteiger partial charge in [0.05, 0.1) is 18.2 Å². The first-order chi connectivity index (χ1) is 13.0. The van der Waals surface area contributed by atoms with Crippen LogP contribution in [0.25, 0.3) is 11.1 Å². The van der Waals surface area contributed by atoms with Crippen molar-refractivity contribution in [2.45, 2.75) is 6.04 Å². The van der Waals surface area contributed by atoms with E-state index in [1.165, 1.54) is 0 Å². The van der Waals surface area contributed by atoms with Gasteiger partial charge in [0.25, 0.3) is 0 Å². The van der Waals surface area contributed by atoms with Gasteiger partial charge in [0, 0.05) is 10.0 Å². The van der Waals surface area contributed by atoms with Crippen LogP contribution in [0.3, 0.4) is 0 Å². The maximum Gasteiger partial charge on any atom is 0.321 e. The summed E-state index contributed by atoms with van der Waals surface area (Å²) in [5.41, 5.74) is 7.80. The van der Waals surface area contributed by atoms with E-state index in [0.29, 0.717) is 21.2 Å². The Morgan fingerprint density at radius 3 is 2.48 bits per heavy atom. The molecule has 3 aromatic rings. The van der Waals surface area contributed by atoms with Crippen molar-refractivity contribution >= 4 is 40.9 Å². The Morgan fingerprint density at radius 1 is 1.19 bits per heavy atom. The number of hydrogen-bond donors (Lipinski definition) is 5. The number of amides is 2. The summed E-state index contributed by atoms with van der Waals surface area (Å²) in [6.45, 7) is -0.253. The first kappa shape index (κ1) is 19.0. The van der Waals surface area contributed by atoms with Crippen molar-refractivity contribution in [3.63, 3.8) is 0 Å². The van der Waals surface area contributed by atoms with Crippen LogP contribution in [-0.4, -0.2) is 27.9 Å². The third-order valence-corrected chi connectivity index (χ3v) is 4.30. The summed E-state index contributed by atoms with van der Waals surface area (Å²) in [5.74, 6) is 0.471. The van der Waals surface area contributed by atoms with Crippen molar-refractivity contribution in [2.24, 2.45) is 0 Å². The molecule has 0 aliphatic rings. The molecule has 1 atom stereocenters. The minimum absolute atomic E-state index is 0.216. The maximum absolute atomic E-state index is 12.4. The molecule has 0 bridgehead atoms. The van der Waals surface area contributed by atoms with Gasteiger partial charge in [-0.2, -0.15) is 5.10 Å². The van der Waals surface area contributed by atoms with Gasteiger partial charge in [0.15, 0.2) is 5.82 Å². The highest BCUT2D eigenvalue weighted by molar-refractivity contribution is 6.35. The molecule has 1 aromatic heterocycles. The Balaban J connectivity index is 1.81. The highest BCUT2D eigenvalue weighted by Gasteiger charge is 2.19. The Kier molecular flexibility index (Phi) is 5.85. The number of nitrogens with one attached hydrogen (secondary N) is 3. The summed E-state index contributed by atoms with van der Waals surface area (Å²) in [5, 5.41) is 22.4. The quantitative estimate of drug-likeness (QED) is 0.443. The Bertz CT molecular complexity index is 926. The molecule has 0 aliphatic carbocycles. The first-order valence-corrected chi connectivity index (χ1v) is 8.77. The topological polar surface area (TPSA) is 116 Å². The standard InChI is InChI=1S/C18H17Cl2N5O2/c19-12-6-11(7-13(20)8-12)15-16(21)24-25-17(15)23-18(27)22-14(9-26)10-4-2-1-3-5-10/h1-8,14,26H,9H2,(H5,21,22,23,24,25,27)/t14-/m0/s1. The van der Waals surface area contributed by atoms with Crippen LogP contribution in [0.4, 0.5) is 16.4 Å². The number of hydrogen-bond acceptors (Lipinski definition) is 4. The lowest BCUT2D eigenvalue weighted by Gasteiger charge is -2.17. The molecule has 1 heterocycles. The summed E-state index contributed by atoms with van der Waals surface area (Å²) in [7, 11) is 0.